The first-order valence-electron chi connectivity index (χ1n) is 13.5. The zero-order valence-corrected chi connectivity index (χ0v) is 24.7. The van der Waals surface area contributed by atoms with Crippen LogP contribution in [0.1, 0.15) is 68.2 Å². The number of aliphatic hydroxyl groups is 5. The predicted octanol–water partition coefficient (Wildman–Crippen LogP) is -0.324. The first-order valence-corrected chi connectivity index (χ1v) is 13.5. The lowest BCUT2D eigenvalue weighted by atomic mass is 9.45. The average molecular weight is 587 g/mol. The Morgan fingerprint density at radius 2 is 1.37 bits per heavy atom. The van der Waals surface area contributed by atoms with Crippen LogP contribution in [0.2, 0.25) is 0 Å². The minimum Gasteiger partial charge on any atom is -0.462 e. The minimum absolute atomic E-state index is 0.179. The molecule has 13 heteroatoms. The summed E-state index contributed by atoms with van der Waals surface area (Å²) in [5, 5.41) is 58.1. The van der Waals surface area contributed by atoms with Gasteiger partial charge in [-0.25, -0.2) is 0 Å². The fourth-order valence-electron chi connectivity index (χ4n) is 7.57. The van der Waals surface area contributed by atoms with Gasteiger partial charge in [0.25, 0.3) is 0 Å². The van der Waals surface area contributed by atoms with Gasteiger partial charge in [0, 0.05) is 51.9 Å². The quantitative estimate of drug-likeness (QED) is 0.159. The van der Waals surface area contributed by atoms with Crippen molar-refractivity contribution < 1.29 is 63.7 Å². The van der Waals surface area contributed by atoms with Crippen molar-refractivity contribution in [3.8, 4) is 0 Å². The molecule has 13 nitrogen and oxygen atoms in total. The first-order chi connectivity index (χ1) is 18.7. The molecule has 0 aromatic heterocycles. The Morgan fingerprint density at radius 1 is 0.854 bits per heavy atom. The molecule has 10 atom stereocenters. The highest BCUT2D eigenvalue weighted by Gasteiger charge is 2.74. The molecule has 0 aromatic carbocycles. The second-order valence-electron chi connectivity index (χ2n) is 12.3. The van der Waals surface area contributed by atoms with Crippen LogP contribution in [0.25, 0.3) is 0 Å². The highest BCUT2D eigenvalue weighted by molar-refractivity contribution is 5.69. The standard InChI is InChI=1S/C28H42O13/c1-12-17(38-13(2)30)10-28(37)23(35)22-26(8,19(39-14(3)31)9-18(34)27(22,36)11-29)24(41-16(5)33)21(40-15(4)32)20(12)25(28,6)7/h17-19,21-24,29,34-37H,9-11H2,1-8H3. The zero-order chi connectivity index (χ0) is 31.5. The van der Waals surface area contributed by atoms with Gasteiger partial charge in [-0.05, 0) is 18.1 Å². The zero-order valence-electron chi connectivity index (χ0n) is 24.7. The van der Waals surface area contributed by atoms with E-state index in [2.05, 4.69) is 0 Å². The fourth-order valence-corrected chi connectivity index (χ4v) is 7.57. The van der Waals surface area contributed by atoms with Crippen LogP contribution < -0.4 is 0 Å². The summed E-state index contributed by atoms with van der Waals surface area (Å²) in [5.41, 5.74) is -7.67. The van der Waals surface area contributed by atoms with Gasteiger partial charge in [-0.3, -0.25) is 19.2 Å². The van der Waals surface area contributed by atoms with E-state index in [9.17, 15) is 44.7 Å². The predicted molar refractivity (Wildman–Crippen MR) is 139 cm³/mol. The Labute approximate surface area is 238 Å². The number of carbonyl (C=O) groups is 4. The molecule has 2 bridgehead atoms. The number of rotatable bonds is 5. The number of hydrogen-bond acceptors (Lipinski definition) is 13. The molecule has 0 aromatic rings. The van der Waals surface area contributed by atoms with Crippen molar-refractivity contribution >= 4 is 23.9 Å². The van der Waals surface area contributed by atoms with Crippen LogP contribution in [0.5, 0.6) is 0 Å². The topological polar surface area (TPSA) is 206 Å². The summed E-state index contributed by atoms with van der Waals surface area (Å²) in [7, 11) is 0. The molecule has 0 aliphatic heterocycles. The number of hydrogen-bond donors (Lipinski definition) is 5. The van der Waals surface area contributed by atoms with Crippen LogP contribution in [0.3, 0.4) is 0 Å². The van der Waals surface area contributed by atoms with Gasteiger partial charge in [-0.1, -0.05) is 20.8 Å². The van der Waals surface area contributed by atoms with Gasteiger partial charge in [0.2, 0.25) is 0 Å². The van der Waals surface area contributed by atoms with Crippen molar-refractivity contribution in [2.75, 3.05) is 6.61 Å². The second kappa shape index (κ2) is 10.9. The summed E-state index contributed by atoms with van der Waals surface area (Å²) in [6, 6.07) is 0. The van der Waals surface area contributed by atoms with Crippen molar-refractivity contribution in [1.82, 2.24) is 0 Å². The molecule has 0 amide bonds. The number of aliphatic hydroxyl groups excluding tert-OH is 3. The lowest BCUT2D eigenvalue weighted by Gasteiger charge is -2.66. The van der Waals surface area contributed by atoms with Crippen molar-refractivity contribution in [3.63, 3.8) is 0 Å². The molecular formula is C28H42O13. The summed E-state index contributed by atoms with van der Waals surface area (Å²) in [4.78, 5) is 49.5. The van der Waals surface area contributed by atoms with Gasteiger partial charge in [-0.2, -0.15) is 0 Å². The summed E-state index contributed by atoms with van der Waals surface area (Å²) >= 11 is 0. The van der Waals surface area contributed by atoms with E-state index in [-0.39, 0.29) is 12.0 Å². The van der Waals surface area contributed by atoms with Gasteiger partial charge < -0.3 is 44.5 Å². The van der Waals surface area contributed by atoms with Crippen LogP contribution in [-0.2, 0) is 38.1 Å². The molecule has 3 rings (SSSR count). The van der Waals surface area contributed by atoms with Crippen molar-refractivity contribution in [2.45, 2.75) is 116 Å². The maximum Gasteiger partial charge on any atom is 0.303 e. The Kier molecular flexibility index (Phi) is 8.77. The molecule has 0 saturated heterocycles. The van der Waals surface area contributed by atoms with E-state index in [4.69, 9.17) is 18.9 Å². The van der Waals surface area contributed by atoms with E-state index in [1.165, 1.54) is 6.92 Å². The van der Waals surface area contributed by atoms with Crippen LogP contribution in [0.15, 0.2) is 11.1 Å². The van der Waals surface area contributed by atoms with E-state index < -0.39 is 101 Å². The van der Waals surface area contributed by atoms with Gasteiger partial charge in [0.1, 0.15) is 23.4 Å². The maximum atomic E-state index is 12.6. The molecule has 2 saturated carbocycles. The summed E-state index contributed by atoms with van der Waals surface area (Å²) in [6.07, 6.45) is -10.3. The summed E-state index contributed by atoms with van der Waals surface area (Å²) < 4.78 is 22.7. The first kappa shape index (κ1) is 32.9. The molecular weight excluding hydrogens is 544 g/mol. The Bertz CT molecular complexity index is 1130. The average Bonchev–Trinajstić information content (AvgIpc) is 2.82. The van der Waals surface area contributed by atoms with Crippen LogP contribution in [-0.4, -0.2) is 104 Å². The molecule has 0 heterocycles. The molecule has 0 spiro atoms. The third-order valence-electron chi connectivity index (χ3n) is 9.51. The lowest BCUT2D eigenvalue weighted by Crippen LogP contribution is -2.78. The molecule has 5 N–H and O–H groups in total. The number of carbonyl (C=O) groups excluding carboxylic acids is 4. The van der Waals surface area contributed by atoms with Gasteiger partial charge >= 0.3 is 23.9 Å². The van der Waals surface area contributed by atoms with E-state index in [1.807, 2.05) is 0 Å². The van der Waals surface area contributed by atoms with E-state index >= 15 is 0 Å². The largest absolute Gasteiger partial charge is 0.462 e. The number of fused-ring (bicyclic) bond motifs is 3. The molecule has 0 radical (unpaired) electrons. The number of esters is 4. The van der Waals surface area contributed by atoms with E-state index in [1.54, 1.807) is 20.8 Å². The Balaban J connectivity index is 2.56. The van der Waals surface area contributed by atoms with Crippen LogP contribution in [0, 0.1) is 16.7 Å². The lowest BCUT2D eigenvalue weighted by molar-refractivity contribution is -0.316. The molecule has 3 aliphatic carbocycles. The van der Waals surface area contributed by atoms with Gasteiger partial charge in [0.05, 0.1) is 24.2 Å². The maximum absolute atomic E-state index is 12.6. The third-order valence-corrected chi connectivity index (χ3v) is 9.51. The third kappa shape index (κ3) is 5.05. The molecule has 41 heavy (non-hydrogen) atoms. The van der Waals surface area contributed by atoms with Crippen LogP contribution >= 0.6 is 0 Å². The minimum atomic E-state index is -2.54. The molecule has 2 fully saturated rings. The smallest absolute Gasteiger partial charge is 0.303 e. The van der Waals surface area contributed by atoms with Crippen molar-refractivity contribution in [2.24, 2.45) is 16.7 Å². The number of ether oxygens (including phenoxy) is 4. The molecule has 3 aliphatic rings. The Morgan fingerprint density at radius 3 is 1.83 bits per heavy atom. The van der Waals surface area contributed by atoms with E-state index in [0.717, 1.165) is 27.7 Å². The Hall–Kier alpha value is -2.58. The highest BCUT2D eigenvalue weighted by Crippen LogP contribution is 2.63. The van der Waals surface area contributed by atoms with Crippen molar-refractivity contribution in [1.29, 1.82) is 0 Å². The van der Waals surface area contributed by atoms with Crippen LogP contribution in [0.4, 0.5) is 0 Å². The normalized spacial score (nSPS) is 41.7. The molecule has 10 unspecified atom stereocenters. The second-order valence-corrected chi connectivity index (χ2v) is 12.3. The highest BCUT2D eigenvalue weighted by atomic mass is 16.6. The van der Waals surface area contributed by atoms with Crippen molar-refractivity contribution in [3.05, 3.63) is 11.1 Å². The molecule has 232 valence electrons. The summed E-state index contributed by atoms with van der Waals surface area (Å²) in [5.74, 6) is -4.95. The van der Waals surface area contributed by atoms with Gasteiger partial charge in [-0.15, -0.1) is 0 Å². The fraction of sp³-hybridized carbons (Fsp3) is 0.786. The summed E-state index contributed by atoms with van der Waals surface area (Å²) in [6.45, 7) is 9.42. The van der Waals surface area contributed by atoms with Gasteiger partial charge in [0.15, 0.2) is 12.2 Å². The van der Waals surface area contributed by atoms with E-state index in [0.29, 0.717) is 5.57 Å². The monoisotopic (exact) mass is 586 g/mol. The SMILES string of the molecule is CC(=O)OC1CC2(O)C(O)C3C(O)(CO)C(O)CC(OC(C)=O)C3(C)C(OC(C)=O)C(OC(C)=O)C(=C1C)C2(C)C.